The number of para-hydroxylation sites is 1. The van der Waals surface area contributed by atoms with Gasteiger partial charge < -0.3 is 15.6 Å². The molecule has 19 heavy (non-hydrogen) atoms. The Balaban J connectivity index is 1.94. The quantitative estimate of drug-likeness (QED) is 0.648. The number of rotatable bonds is 4. The fourth-order valence-corrected chi connectivity index (χ4v) is 1.65. The van der Waals surface area contributed by atoms with Crippen molar-refractivity contribution in [2.45, 2.75) is 12.5 Å². The molecule has 3 N–H and O–H groups in total. The van der Waals surface area contributed by atoms with Crippen LogP contribution in [0.1, 0.15) is 5.56 Å². The molecule has 98 valence electrons. The molecule has 0 amide bonds. The summed E-state index contributed by atoms with van der Waals surface area (Å²) in [5.74, 6) is 0.192. The second kappa shape index (κ2) is 6.02. The van der Waals surface area contributed by atoms with Crippen molar-refractivity contribution in [3.8, 4) is 11.5 Å². The Kier molecular flexibility index (Phi) is 4.15. The molecule has 0 heterocycles. The summed E-state index contributed by atoms with van der Waals surface area (Å²) in [5.41, 5.74) is 6.67. The van der Waals surface area contributed by atoms with Crippen molar-refractivity contribution in [2.75, 3.05) is 0 Å². The molecule has 0 saturated carbocycles. The molecule has 4 nitrogen and oxygen atoms in total. The predicted molar refractivity (Wildman–Crippen MR) is 71.9 cm³/mol. The predicted octanol–water partition coefficient (Wildman–Crippen LogP) is 1.87. The first-order chi connectivity index (χ1) is 9.15. The van der Waals surface area contributed by atoms with E-state index in [-0.39, 0.29) is 5.75 Å². The van der Waals surface area contributed by atoms with Crippen LogP contribution in [-0.4, -0.2) is 17.1 Å². The van der Waals surface area contributed by atoms with Crippen LogP contribution in [0.2, 0.25) is 0 Å². The highest BCUT2D eigenvalue weighted by Crippen LogP contribution is 2.13. The molecule has 0 spiro atoms. The van der Waals surface area contributed by atoms with Crippen LogP contribution in [0.25, 0.3) is 0 Å². The van der Waals surface area contributed by atoms with Gasteiger partial charge in [-0.15, -0.1) is 0 Å². The van der Waals surface area contributed by atoms with Gasteiger partial charge in [-0.25, -0.2) is 4.79 Å². The van der Waals surface area contributed by atoms with Gasteiger partial charge in [0, 0.05) is 0 Å². The van der Waals surface area contributed by atoms with E-state index in [9.17, 15) is 9.90 Å². The van der Waals surface area contributed by atoms with E-state index in [4.69, 9.17) is 10.5 Å². The smallest absolute Gasteiger partial charge is 0.328 e. The SMILES string of the molecule is N[C@H](Cc1ccc(O)cc1)C(=O)Oc1ccccc1. The van der Waals surface area contributed by atoms with Gasteiger partial charge in [0.05, 0.1) is 0 Å². The number of nitrogens with two attached hydrogens (primary N) is 1. The van der Waals surface area contributed by atoms with Gasteiger partial charge in [0.25, 0.3) is 0 Å². The maximum absolute atomic E-state index is 11.8. The number of esters is 1. The molecule has 0 saturated heterocycles. The minimum Gasteiger partial charge on any atom is -0.508 e. The van der Waals surface area contributed by atoms with E-state index in [1.54, 1.807) is 48.5 Å². The summed E-state index contributed by atoms with van der Waals surface area (Å²) in [6.45, 7) is 0. The van der Waals surface area contributed by atoms with Crippen LogP contribution in [0.5, 0.6) is 11.5 Å². The average molecular weight is 257 g/mol. The van der Waals surface area contributed by atoms with Crippen molar-refractivity contribution in [3.63, 3.8) is 0 Å². The molecule has 0 aliphatic carbocycles. The van der Waals surface area contributed by atoms with Crippen LogP contribution in [0, 0.1) is 0 Å². The summed E-state index contributed by atoms with van der Waals surface area (Å²) in [7, 11) is 0. The maximum Gasteiger partial charge on any atom is 0.328 e. The fraction of sp³-hybridized carbons (Fsp3) is 0.133. The zero-order valence-electron chi connectivity index (χ0n) is 10.3. The van der Waals surface area contributed by atoms with Crippen molar-refractivity contribution >= 4 is 5.97 Å². The first-order valence-corrected chi connectivity index (χ1v) is 5.95. The van der Waals surface area contributed by atoms with Crippen molar-refractivity contribution < 1.29 is 14.6 Å². The number of benzene rings is 2. The summed E-state index contributed by atoms with van der Waals surface area (Å²) in [4.78, 5) is 11.8. The van der Waals surface area contributed by atoms with Gasteiger partial charge in [0.2, 0.25) is 0 Å². The minimum absolute atomic E-state index is 0.184. The molecule has 4 heteroatoms. The highest BCUT2D eigenvalue weighted by Gasteiger charge is 2.16. The first kappa shape index (κ1) is 13.1. The number of aromatic hydroxyl groups is 1. The van der Waals surface area contributed by atoms with E-state index in [0.29, 0.717) is 12.2 Å². The van der Waals surface area contributed by atoms with E-state index in [1.807, 2.05) is 6.07 Å². The highest BCUT2D eigenvalue weighted by molar-refractivity contribution is 5.78. The third-order valence-electron chi connectivity index (χ3n) is 2.66. The Morgan fingerprint density at radius 2 is 1.74 bits per heavy atom. The lowest BCUT2D eigenvalue weighted by molar-refractivity contribution is -0.135. The normalized spacial score (nSPS) is 11.8. The maximum atomic E-state index is 11.8. The molecule has 2 rings (SSSR count). The zero-order valence-corrected chi connectivity index (χ0v) is 10.3. The minimum atomic E-state index is -0.732. The van der Waals surface area contributed by atoms with Crippen LogP contribution in [-0.2, 0) is 11.2 Å². The second-order valence-corrected chi connectivity index (χ2v) is 4.21. The van der Waals surface area contributed by atoms with Gasteiger partial charge in [-0.05, 0) is 36.2 Å². The van der Waals surface area contributed by atoms with Gasteiger partial charge in [-0.2, -0.15) is 0 Å². The Morgan fingerprint density at radius 3 is 2.37 bits per heavy atom. The summed E-state index contributed by atoms with van der Waals surface area (Å²) >= 11 is 0. The molecular weight excluding hydrogens is 242 g/mol. The van der Waals surface area contributed by atoms with Gasteiger partial charge >= 0.3 is 5.97 Å². The molecule has 0 aliphatic rings. The lowest BCUT2D eigenvalue weighted by Crippen LogP contribution is -2.36. The number of phenols is 1. The molecule has 0 unspecified atom stereocenters. The molecular formula is C15H15NO3. The summed E-state index contributed by atoms with van der Waals surface area (Å²) < 4.78 is 5.16. The number of phenolic OH excluding ortho intramolecular Hbond substituents is 1. The van der Waals surface area contributed by atoms with Crippen LogP contribution in [0.3, 0.4) is 0 Å². The van der Waals surface area contributed by atoms with Crippen molar-refractivity contribution in [2.24, 2.45) is 5.73 Å². The van der Waals surface area contributed by atoms with Crippen LogP contribution < -0.4 is 10.5 Å². The lowest BCUT2D eigenvalue weighted by atomic mass is 10.1. The summed E-state index contributed by atoms with van der Waals surface area (Å²) in [5, 5.41) is 9.17. The van der Waals surface area contributed by atoms with Crippen LogP contribution in [0.15, 0.2) is 54.6 Å². The second-order valence-electron chi connectivity index (χ2n) is 4.21. The zero-order chi connectivity index (χ0) is 13.7. The van der Waals surface area contributed by atoms with Crippen molar-refractivity contribution in [1.82, 2.24) is 0 Å². The standard InChI is InChI=1S/C15H15NO3/c16-14(10-11-6-8-12(17)9-7-11)15(18)19-13-4-2-1-3-5-13/h1-9,14,17H,10,16H2/t14-/m1/s1. The van der Waals surface area contributed by atoms with Crippen LogP contribution in [0.4, 0.5) is 0 Å². The molecule has 2 aromatic rings. The van der Waals surface area contributed by atoms with E-state index in [2.05, 4.69) is 0 Å². The molecule has 0 fully saturated rings. The average Bonchev–Trinajstić information content (AvgIpc) is 2.42. The molecule has 1 atom stereocenters. The Hall–Kier alpha value is -2.33. The summed E-state index contributed by atoms with van der Waals surface area (Å²) in [6.07, 6.45) is 0.367. The fourth-order valence-electron chi connectivity index (χ4n) is 1.65. The van der Waals surface area contributed by atoms with E-state index >= 15 is 0 Å². The molecule has 0 aromatic heterocycles. The van der Waals surface area contributed by atoms with Gasteiger partial charge in [0.15, 0.2) is 0 Å². The highest BCUT2D eigenvalue weighted by atomic mass is 16.5. The lowest BCUT2D eigenvalue weighted by Gasteiger charge is -2.11. The van der Waals surface area contributed by atoms with E-state index in [1.165, 1.54) is 0 Å². The molecule has 0 bridgehead atoms. The van der Waals surface area contributed by atoms with E-state index < -0.39 is 12.0 Å². The monoisotopic (exact) mass is 257 g/mol. The van der Waals surface area contributed by atoms with Crippen LogP contribution >= 0.6 is 0 Å². The summed E-state index contributed by atoms with van der Waals surface area (Å²) in [6, 6.07) is 14.7. The van der Waals surface area contributed by atoms with Gasteiger partial charge in [0.1, 0.15) is 17.5 Å². The van der Waals surface area contributed by atoms with Gasteiger partial charge in [-0.1, -0.05) is 30.3 Å². The number of hydrogen-bond acceptors (Lipinski definition) is 4. The number of carbonyl (C=O) groups excluding carboxylic acids is 1. The number of hydrogen-bond donors (Lipinski definition) is 2. The third-order valence-corrected chi connectivity index (χ3v) is 2.66. The Morgan fingerprint density at radius 1 is 1.11 bits per heavy atom. The largest absolute Gasteiger partial charge is 0.508 e. The van der Waals surface area contributed by atoms with Crippen molar-refractivity contribution in [1.29, 1.82) is 0 Å². The first-order valence-electron chi connectivity index (χ1n) is 5.95. The topological polar surface area (TPSA) is 72.5 Å². The Labute approximate surface area is 111 Å². The molecule has 0 radical (unpaired) electrons. The van der Waals surface area contributed by atoms with Crippen molar-refractivity contribution in [3.05, 3.63) is 60.2 Å². The molecule has 2 aromatic carbocycles. The van der Waals surface area contributed by atoms with Gasteiger partial charge in [-0.3, -0.25) is 0 Å². The third kappa shape index (κ3) is 3.82. The Bertz CT molecular complexity index is 537. The molecule has 0 aliphatic heterocycles. The number of ether oxygens (including phenoxy) is 1. The number of carbonyl (C=O) groups is 1. The van der Waals surface area contributed by atoms with E-state index in [0.717, 1.165) is 5.56 Å².